The number of aryl methyl sites for hydroxylation is 1. The van der Waals surface area contributed by atoms with Crippen molar-refractivity contribution >= 4 is 39.1 Å². The van der Waals surface area contributed by atoms with Crippen molar-refractivity contribution in [3.8, 4) is 5.75 Å². The lowest BCUT2D eigenvalue weighted by Gasteiger charge is -2.41. The number of rotatable bonds is 3. The van der Waals surface area contributed by atoms with Crippen LogP contribution < -0.4 is 19.7 Å². The van der Waals surface area contributed by atoms with Crippen molar-refractivity contribution in [1.29, 1.82) is 0 Å². The van der Waals surface area contributed by atoms with E-state index in [4.69, 9.17) is 21.1 Å². The number of fused-ring (bicyclic) bond motifs is 4. The Bertz CT molecular complexity index is 1880. The van der Waals surface area contributed by atoms with Crippen molar-refractivity contribution in [3.63, 3.8) is 0 Å². The van der Waals surface area contributed by atoms with Gasteiger partial charge in [-0.15, -0.1) is 4.36 Å². The first-order valence-corrected chi connectivity index (χ1v) is 19.1. The molecule has 2 unspecified atom stereocenters. The minimum absolute atomic E-state index is 0.0720. The summed E-state index contributed by atoms with van der Waals surface area (Å²) in [5.41, 5.74) is 0.410. The minimum atomic E-state index is -4.77. The summed E-state index contributed by atoms with van der Waals surface area (Å²) in [5, 5.41) is 2.52. The van der Waals surface area contributed by atoms with E-state index in [2.05, 4.69) is 20.1 Å². The molecule has 3 aliphatic carbocycles. The molecule has 2 spiro atoms. The Morgan fingerprint density at radius 3 is 2.70 bits per heavy atom. The maximum Gasteiger partial charge on any atom is 0.411 e. The van der Waals surface area contributed by atoms with Gasteiger partial charge in [-0.25, -0.2) is 9.00 Å². The summed E-state index contributed by atoms with van der Waals surface area (Å²) in [5.74, 6) is 0.351. The quantitative estimate of drug-likeness (QED) is 0.330. The van der Waals surface area contributed by atoms with Crippen molar-refractivity contribution in [2.45, 2.75) is 75.6 Å². The molecule has 2 bridgehead atoms. The summed E-state index contributed by atoms with van der Waals surface area (Å²) in [6.45, 7) is 3.40. The molecule has 0 radical (unpaired) electrons. The molecule has 5 aliphatic rings. The highest BCUT2D eigenvalue weighted by Gasteiger charge is 2.80. The molecule has 2 heterocycles. The standard InChI is InChI=1S/C36H42ClF3N4O5S/c1-33(2,36(38,39)40)41-32(46)43-50(47)15-6-4-5-9-29(48-3)30-26-18-35(26,30)20-44-19-34(14-7-8-22-16-24(37)11-12-25(22)34)21-49-28-13-10-23(17-27(28)44)31(45)42-50/h5,9-13,16-17,26,29-30H,4,6-8,14-15,18-21H2,1-3H3,(H2,41,42,43,45,46,47)/b9-5+/t26?,29-,30-,34-,35-,50?/m0/s1. The van der Waals surface area contributed by atoms with Crippen molar-refractivity contribution in [2.24, 2.45) is 21.6 Å². The van der Waals surface area contributed by atoms with Gasteiger partial charge in [-0.3, -0.25) is 9.52 Å². The van der Waals surface area contributed by atoms with Gasteiger partial charge in [0.05, 0.1) is 24.2 Å². The molecule has 2 N–H and O–H groups in total. The number of ether oxygens (including phenoxy) is 2. The summed E-state index contributed by atoms with van der Waals surface area (Å²) in [6.07, 6.45) is 3.66. The molecule has 2 aliphatic heterocycles. The van der Waals surface area contributed by atoms with Gasteiger partial charge in [0.25, 0.3) is 5.91 Å². The van der Waals surface area contributed by atoms with Crippen LogP contribution in [0, 0.1) is 17.3 Å². The number of allylic oxidation sites excluding steroid dienone is 1. The van der Waals surface area contributed by atoms with Crippen molar-refractivity contribution in [1.82, 2.24) is 10.0 Å². The van der Waals surface area contributed by atoms with Gasteiger partial charge >= 0.3 is 12.2 Å². The monoisotopic (exact) mass is 734 g/mol. The average molecular weight is 735 g/mol. The number of nitrogens with one attached hydrogen (secondary N) is 2. The second-order valence-corrected chi connectivity index (χ2v) is 17.5. The summed E-state index contributed by atoms with van der Waals surface area (Å²) < 4.78 is 73.2. The molecule has 3 amide bonds. The number of amides is 3. The number of carbonyl (C=O) groups is 2. The van der Waals surface area contributed by atoms with E-state index < -0.39 is 33.6 Å². The molecular weight excluding hydrogens is 693 g/mol. The number of hydrogen-bond donors (Lipinski definition) is 2. The number of carbonyl (C=O) groups excluding carboxylic acids is 2. The molecule has 2 aromatic rings. The molecule has 0 saturated heterocycles. The van der Waals surface area contributed by atoms with Crippen molar-refractivity contribution in [3.05, 3.63) is 70.3 Å². The first-order valence-electron chi connectivity index (χ1n) is 17.0. The maximum atomic E-state index is 14.1. The molecule has 270 valence electrons. The molecule has 6 atom stereocenters. The third-order valence-electron chi connectivity index (χ3n) is 11.3. The van der Waals surface area contributed by atoms with Gasteiger partial charge in [0, 0.05) is 36.2 Å². The molecule has 0 aromatic heterocycles. The smallest absolute Gasteiger partial charge is 0.411 e. The highest BCUT2D eigenvalue weighted by atomic mass is 35.5. The van der Waals surface area contributed by atoms with Crippen LogP contribution in [0.4, 0.5) is 23.7 Å². The second-order valence-electron chi connectivity index (χ2n) is 15.0. The Balaban J connectivity index is 1.27. The lowest BCUT2D eigenvalue weighted by atomic mass is 9.70. The molecule has 7 rings (SSSR count). The molecule has 2 fully saturated rings. The van der Waals surface area contributed by atoms with Crippen LogP contribution in [0.3, 0.4) is 0 Å². The second kappa shape index (κ2) is 12.4. The zero-order valence-corrected chi connectivity index (χ0v) is 29.9. The number of nitrogens with zero attached hydrogens (tertiary/aromatic N) is 2. The van der Waals surface area contributed by atoms with Crippen LogP contribution in [0.1, 0.15) is 67.4 Å². The SMILES string of the molecule is CO[C@H]1/C=C/CCCS(=O)(NC(=O)NC(C)(C)C(F)(F)F)=NC(=O)c2ccc3c(c2)N(C[C@@]2(CCCc4cc(Cl)ccc42)CO3)C[C@@]23CC2[C@@H]13. The van der Waals surface area contributed by atoms with Crippen LogP contribution in [0.15, 0.2) is 52.9 Å². The molecule has 9 nitrogen and oxygen atoms in total. The summed E-state index contributed by atoms with van der Waals surface area (Å²) in [7, 11) is -2.14. The van der Waals surface area contributed by atoms with Gasteiger partial charge in [0.1, 0.15) is 21.2 Å². The highest BCUT2D eigenvalue weighted by molar-refractivity contribution is 7.92. The Morgan fingerprint density at radius 1 is 1.16 bits per heavy atom. The van der Waals surface area contributed by atoms with E-state index in [-0.39, 0.29) is 34.7 Å². The largest absolute Gasteiger partial charge is 0.490 e. The number of hydrogen-bond acceptors (Lipinski definition) is 6. The lowest BCUT2D eigenvalue weighted by molar-refractivity contribution is -0.182. The van der Waals surface area contributed by atoms with Crippen LogP contribution >= 0.6 is 11.6 Å². The summed E-state index contributed by atoms with van der Waals surface area (Å²) >= 11 is 6.41. The Morgan fingerprint density at radius 2 is 1.96 bits per heavy atom. The number of benzene rings is 2. The zero-order chi connectivity index (χ0) is 35.7. The topological polar surface area (TPSA) is 109 Å². The van der Waals surface area contributed by atoms with Crippen LogP contribution in [-0.2, 0) is 26.5 Å². The van der Waals surface area contributed by atoms with Gasteiger partial charge in [-0.1, -0.05) is 29.8 Å². The van der Waals surface area contributed by atoms with E-state index in [0.717, 1.165) is 51.8 Å². The number of urea groups is 1. The first kappa shape index (κ1) is 35.1. The van der Waals surface area contributed by atoms with E-state index >= 15 is 0 Å². The van der Waals surface area contributed by atoms with Gasteiger partial charge < -0.3 is 19.7 Å². The van der Waals surface area contributed by atoms with Crippen LogP contribution in [0.25, 0.3) is 0 Å². The fourth-order valence-electron chi connectivity index (χ4n) is 8.29. The highest BCUT2D eigenvalue weighted by Crippen LogP contribution is 2.81. The summed E-state index contributed by atoms with van der Waals surface area (Å²) in [6, 6.07) is 9.71. The average Bonchev–Trinajstić information content (AvgIpc) is 3.91. The first-order chi connectivity index (χ1) is 23.6. The van der Waals surface area contributed by atoms with E-state index in [1.54, 1.807) is 25.3 Å². The Kier molecular flexibility index (Phi) is 8.74. The predicted molar refractivity (Wildman–Crippen MR) is 185 cm³/mol. The van der Waals surface area contributed by atoms with Crippen molar-refractivity contribution < 1.29 is 36.4 Å². The summed E-state index contributed by atoms with van der Waals surface area (Å²) in [4.78, 5) is 28.8. The molecule has 2 saturated carbocycles. The number of alkyl halides is 3. The Hall–Kier alpha value is -3.29. The van der Waals surface area contributed by atoms with E-state index in [9.17, 15) is 27.0 Å². The molecule has 14 heteroatoms. The van der Waals surface area contributed by atoms with Gasteiger partial charge in [0.15, 0.2) is 0 Å². The lowest BCUT2D eigenvalue weighted by Crippen LogP contribution is -2.57. The van der Waals surface area contributed by atoms with Crippen LogP contribution in [0.2, 0.25) is 5.02 Å². The normalized spacial score (nSPS) is 32.7. The van der Waals surface area contributed by atoms with Gasteiger partial charge in [-0.05, 0) is 111 Å². The number of methoxy groups -OCH3 is 1. The van der Waals surface area contributed by atoms with Crippen LogP contribution in [0.5, 0.6) is 5.75 Å². The predicted octanol–water partition coefficient (Wildman–Crippen LogP) is 6.98. The van der Waals surface area contributed by atoms with E-state index in [0.29, 0.717) is 42.2 Å². The maximum absolute atomic E-state index is 14.1. The minimum Gasteiger partial charge on any atom is -0.490 e. The van der Waals surface area contributed by atoms with Crippen molar-refractivity contribution in [2.75, 3.05) is 37.5 Å². The third kappa shape index (κ3) is 6.38. The fraction of sp³-hybridized carbons (Fsp3) is 0.556. The van der Waals surface area contributed by atoms with E-state index in [1.807, 2.05) is 29.6 Å². The van der Waals surface area contributed by atoms with Gasteiger partial charge in [-0.2, -0.15) is 13.2 Å². The zero-order valence-electron chi connectivity index (χ0n) is 28.3. The fourth-order valence-corrected chi connectivity index (χ4v) is 10.00. The third-order valence-corrected chi connectivity index (χ3v) is 13.3. The molecule has 50 heavy (non-hydrogen) atoms. The molecule has 2 aromatic carbocycles. The number of halogens is 4. The molecular formula is C36H42ClF3N4O5S. The van der Waals surface area contributed by atoms with Crippen LogP contribution in [-0.4, -0.2) is 66.5 Å². The Labute approximate surface area is 295 Å². The number of anilines is 1. The van der Waals surface area contributed by atoms with Gasteiger partial charge in [0.2, 0.25) is 0 Å². The van der Waals surface area contributed by atoms with E-state index in [1.165, 1.54) is 11.1 Å².